The molecule has 22 heavy (non-hydrogen) atoms. The molecule has 0 bridgehead atoms. The highest BCUT2D eigenvalue weighted by Crippen LogP contribution is 2.27. The zero-order valence-corrected chi connectivity index (χ0v) is 14.4. The van der Waals surface area contributed by atoms with Crippen LogP contribution in [0, 0.1) is 0 Å². The average Bonchev–Trinajstić information content (AvgIpc) is 2.52. The molecule has 1 N–H and O–H groups in total. The third-order valence-corrected chi connectivity index (χ3v) is 4.40. The number of nitrogens with zero attached hydrogens (tertiary/aromatic N) is 1. The SMILES string of the molecule is CN(C)c1ccc(CNc2cccc3ccccc23)cc1Br. The number of halogens is 1. The number of nitrogens with one attached hydrogen (secondary N) is 1. The molecule has 3 aromatic carbocycles. The first kappa shape index (κ1) is 14.9. The third kappa shape index (κ3) is 3.09. The molecule has 0 amide bonds. The quantitative estimate of drug-likeness (QED) is 0.685. The van der Waals surface area contributed by atoms with E-state index in [0.717, 1.165) is 11.0 Å². The Kier molecular flexibility index (Phi) is 4.34. The fraction of sp³-hybridized carbons (Fsp3) is 0.158. The van der Waals surface area contributed by atoms with Crippen LogP contribution in [0.2, 0.25) is 0 Å². The van der Waals surface area contributed by atoms with Gasteiger partial charge in [-0.1, -0.05) is 42.5 Å². The van der Waals surface area contributed by atoms with Gasteiger partial charge in [-0.2, -0.15) is 0 Å². The van der Waals surface area contributed by atoms with Gasteiger partial charge in [0.2, 0.25) is 0 Å². The van der Waals surface area contributed by atoms with Gasteiger partial charge in [0.25, 0.3) is 0 Å². The summed E-state index contributed by atoms with van der Waals surface area (Å²) in [5, 5.41) is 6.06. The molecule has 0 spiro atoms. The summed E-state index contributed by atoms with van der Waals surface area (Å²) >= 11 is 3.64. The van der Waals surface area contributed by atoms with E-state index in [2.05, 4.69) is 86.8 Å². The van der Waals surface area contributed by atoms with Crippen LogP contribution in [0.4, 0.5) is 11.4 Å². The van der Waals surface area contributed by atoms with E-state index >= 15 is 0 Å². The lowest BCUT2D eigenvalue weighted by Gasteiger charge is -2.16. The minimum absolute atomic E-state index is 0.806. The van der Waals surface area contributed by atoms with Crippen molar-refractivity contribution in [1.29, 1.82) is 0 Å². The van der Waals surface area contributed by atoms with E-state index in [1.54, 1.807) is 0 Å². The minimum Gasteiger partial charge on any atom is -0.380 e. The molecular weight excluding hydrogens is 336 g/mol. The Bertz CT molecular complexity index is 791. The van der Waals surface area contributed by atoms with Gasteiger partial charge in [-0.05, 0) is 45.1 Å². The third-order valence-electron chi connectivity index (χ3n) is 3.77. The molecule has 0 aromatic heterocycles. The van der Waals surface area contributed by atoms with Gasteiger partial charge in [-0.25, -0.2) is 0 Å². The lowest BCUT2D eigenvalue weighted by atomic mass is 10.1. The standard InChI is InChI=1S/C19H19BrN2/c1-22(2)19-11-10-14(12-17(19)20)13-21-18-9-5-7-15-6-3-4-8-16(15)18/h3-12,21H,13H2,1-2H3. The minimum atomic E-state index is 0.806. The van der Waals surface area contributed by atoms with Gasteiger partial charge >= 0.3 is 0 Å². The summed E-state index contributed by atoms with van der Waals surface area (Å²) in [5.41, 5.74) is 3.62. The van der Waals surface area contributed by atoms with Crippen molar-refractivity contribution in [2.45, 2.75) is 6.54 Å². The summed E-state index contributed by atoms with van der Waals surface area (Å²) in [6.45, 7) is 0.806. The second kappa shape index (κ2) is 6.41. The fourth-order valence-electron chi connectivity index (χ4n) is 2.60. The van der Waals surface area contributed by atoms with Crippen LogP contribution in [0.15, 0.2) is 65.1 Å². The van der Waals surface area contributed by atoms with Crippen molar-refractivity contribution in [3.63, 3.8) is 0 Å². The summed E-state index contributed by atoms with van der Waals surface area (Å²) in [6.07, 6.45) is 0. The maximum Gasteiger partial charge on any atom is 0.0505 e. The van der Waals surface area contributed by atoms with Crippen LogP contribution < -0.4 is 10.2 Å². The topological polar surface area (TPSA) is 15.3 Å². The first-order chi connectivity index (χ1) is 10.6. The number of anilines is 2. The van der Waals surface area contributed by atoms with Crippen molar-refractivity contribution in [2.24, 2.45) is 0 Å². The van der Waals surface area contributed by atoms with Gasteiger partial charge < -0.3 is 10.2 Å². The lowest BCUT2D eigenvalue weighted by Crippen LogP contribution is -2.09. The Labute approximate surface area is 139 Å². The Morgan fingerprint density at radius 1 is 0.955 bits per heavy atom. The highest BCUT2D eigenvalue weighted by molar-refractivity contribution is 9.10. The first-order valence-electron chi connectivity index (χ1n) is 7.32. The van der Waals surface area contributed by atoms with Gasteiger partial charge in [-0.15, -0.1) is 0 Å². The van der Waals surface area contributed by atoms with E-state index in [1.807, 2.05) is 14.1 Å². The smallest absolute Gasteiger partial charge is 0.0505 e. The number of fused-ring (bicyclic) bond motifs is 1. The number of benzene rings is 3. The molecular formula is C19H19BrN2. The molecule has 0 aliphatic carbocycles. The van der Waals surface area contributed by atoms with Crippen LogP contribution >= 0.6 is 15.9 Å². The highest BCUT2D eigenvalue weighted by Gasteiger charge is 2.04. The number of hydrogen-bond donors (Lipinski definition) is 1. The van der Waals surface area contributed by atoms with Crippen molar-refractivity contribution in [1.82, 2.24) is 0 Å². The molecule has 0 radical (unpaired) electrons. The molecule has 0 unspecified atom stereocenters. The van der Waals surface area contributed by atoms with Crippen molar-refractivity contribution in [2.75, 3.05) is 24.3 Å². The molecule has 0 atom stereocenters. The van der Waals surface area contributed by atoms with E-state index in [-0.39, 0.29) is 0 Å². The molecule has 0 saturated carbocycles. The second-order valence-electron chi connectivity index (χ2n) is 5.56. The van der Waals surface area contributed by atoms with Crippen molar-refractivity contribution in [3.05, 3.63) is 70.7 Å². The summed E-state index contributed by atoms with van der Waals surface area (Å²) in [5.74, 6) is 0. The lowest BCUT2D eigenvalue weighted by molar-refractivity contribution is 1.10. The van der Waals surface area contributed by atoms with Crippen molar-refractivity contribution >= 4 is 38.1 Å². The van der Waals surface area contributed by atoms with E-state index in [9.17, 15) is 0 Å². The molecule has 2 nitrogen and oxygen atoms in total. The van der Waals surface area contributed by atoms with Crippen LogP contribution in [0.25, 0.3) is 10.8 Å². The molecule has 0 aliphatic rings. The normalized spacial score (nSPS) is 10.7. The Morgan fingerprint density at radius 3 is 2.50 bits per heavy atom. The summed E-state index contributed by atoms with van der Waals surface area (Å²) < 4.78 is 1.12. The summed E-state index contributed by atoms with van der Waals surface area (Å²) in [6, 6.07) is 21.3. The zero-order valence-electron chi connectivity index (χ0n) is 12.8. The monoisotopic (exact) mass is 354 g/mol. The maximum atomic E-state index is 3.64. The molecule has 3 aromatic rings. The van der Waals surface area contributed by atoms with E-state index in [1.165, 1.54) is 27.7 Å². The Hall–Kier alpha value is -2.00. The van der Waals surface area contributed by atoms with Gasteiger partial charge in [0.1, 0.15) is 0 Å². The molecule has 0 aliphatic heterocycles. The fourth-order valence-corrected chi connectivity index (χ4v) is 3.38. The van der Waals surface area contributed by atoms with Crippen LogP contribution in [-0.2, 0) is 6.54 Å². The zero-order chi connectivity index (χ0) is 15.5. The van der Waals surface area contributed by atoms with Gasteiger partial charge in [0, 0.05) is 36.2 Å². The largest absolute Gasteiger partial charge is 0.380 e. The summed E-state index contributed by atoms with van der Waals surface area (Å²) in [7, 11) is 4.10. The molecule has 3 heteroatoms. The maximum absolute atomic E-state index is 3.64. The van der Waals surface area contributed by atoms with Crippen LogP contribution in [0.1, 0.15) is 5.56 Å². The molecule has 0 saturated heterocycles. The molecule has 0 fully saturated rings. The van der Waals surface area contributed by atoms with Gasteiger partial charge in [-0.3, -0.25) is 0 Å². The van der Waals surface area contributed by atoms with Crippen molar-refractivity contribution < 1.29 is 0 Å². The average molecular weight is 355 g/mol. The van der Waals surface area contributed by atoms with Crippen LogP contribution in [0.3, 0.4) is 0 Å². The summed E-state index contributed by atoms with van der Waals surface area (Å²) in [4.78, 5) is 2.10. The van der Waals surface area contributed by atoms with Crippen LogP contribution in [-0.4, -0.2) is 14.1 Å². The number of rotatable bonds is 4. The first-order valence-corrected chi connectivity index (χ1v) is 8.12. The predicted octanol–water partition coefficient (Wildman–Crippen LogP) is 5.28. The van der Waals surface area contributed by atoms with E-state index in [0.29, 0.717) is 0 Å². The Balaban J connectivity index is 1.81. The van der Waals surface area contributed by atoms with Gasteiger partial charge in [0.05, 0.1) is 5.69 Å². The second-order valence-corrected chi connectivity index (χ2v) is 6.41. The van der Waals surface area contributed by atoms with Crippen molar-refractivity contribution in [3.8, 4) is 0 Å². The highest BCUT2D eigenvalue weighted by atomic mass is 79.9. The van der Waals surface area contributed by atoms with E-state index < -0.39 is 0 Å². The Morgan fingerprint density at radius 2 is 1.73 bits per heavy atom. The molecule has 112 valence electrons. The van der Waals surface area contributed by atoms with Gasteiger partial charge in [0.15, 0.2) is 0 Å². The van der Waals surface area contributed by atoms with Crippen LogP contribution in [0.5, 0.6) is 0 Å². The molecule has 0 heterocycles. The van der Waals surface area contributed by atoms with E-state index in [4.69, 9.17) is 0 Å². The molecule has 3 rings (SSSR count). The predicted molar refractivity (Wildman–Crippen MR) is 99.7 cm³/mol. The number of hydrogen-bond acceptors (Lipinski definition) is 2.